The summed E-state index contributed by atoms with van der Waals surface area (Å²) < 4.78 is 12.8. The van der Waals surface area contributed by atoms with Crippen molar-refractivity contribution < 1.29 is 9.47 Å². The molecule has 454 valence electrons. The average Bonchev–Trinajstić information content (AvgIpc) is 0.784. The molecule has 0 bridgehead atoms. The van der Waals surface area contributed by atoms with Crippen LogP contribution in [0.5, 0.6) is 11.5 Å². The first-order valence-corrected chi connectivity index (χ1v) is 32.6. The third-order valence-corrected chi connectivity index (χ3v) is 17.8. The summed E-state index contributed by atoms with van der Waals surface area (Å²) in [7, 11) is 0. The maximum absolute atomic E-state index is 6.38. The molecule has 0 atom stereocenters. The van der Waals surface area contributed by atoms with Gasteiger partial charge in [0.05, 0.1) is 13.2 Å². The molecule has 0 saturated carbocycles. The fraction of sp³-hybridized carbons (Fsp3) is 0.0667. The van der Waals surface area contributed by atoms with Gasteiger partial charge in [-0.3, -0.25) is 0 Å². The van der Waals surface area contributed by atoms with Crippen LogP contribution in [0.4, 0.5) is 11.4 Å². The third-order valence-electron chi connectivity index (χ3n) is 17.8. The Kier molecular flexibility index (Phi) is 18.0. The van der Waals surface area contributed by atoms with Gasteiger partial charge in [0.25, 0.3) is 0 Å². The molecule has 14 rings (SSSR count). The number of unbranched alkanes of at least 4 members (excludes halogenated alkanes) is 3. The monoisotopic (exact) mass is 1210 g/mol. The van der Waals surface area contributed by atoms with Gasteiger partial charge >= 0.3 is 0 Å². The van der Waals surface area contributed by atoms with Gasteiger partial charge in [-0.15, -0.1) is 0 Å². The van der Waals surface area contributed by atoms with Crippen molar-refractivity contribution in [2.24, 2.45) is 0 Å². The van der Waals surface area contributed by atoms with Crippen LogP contribution in [0.2, 0.25) is 0 Å². The van der Waals surface area contributed by atoms with Gasteiger partial charge in [-0.1, -0.05) is 267 Å². The number of hydrogen-bond donors (Lipinski definition) is 2. The van der Waals surface area contributed by atoms with Crippen molar-refractivity contribution in [3.8, 4) is 145 Å². The summed E-state index contributed by atoms with van der Waals surface area (Å²) in [6.07, 6.45) is 4.01. The third kappa shape index (κ3) is 13.8. The van der Waals surface area contributed by atoms with E-state index in [4.69, 9.17) is 20.9 Å². The molecular formula is C90H72N2O2. The van der Waals surface area contributed by atoms with Crippen LogP contribution in [0, 0.1) is 0 Å². The van der Waals surface area contributed by atoms with Gasteiger partial charge in [0.15, 0.2) is 0 Å². The molecule has 4 N–H and O–H groups in total. The van der Waals surface area contributed by atoms with Gasteiger partial charge in [0, 0.05) is 11.4 Å². The van der Waals surface area contributed by atoms with Crippen LogP contribution in [-0.4, -0.2) is 13.2 Å². The van der Waals surface area contributed by atoms with Crippen LogP contribution < -0.4 is 20.9 Å². The second-order valence-electron chi connectivity index (χ2n) is 24.1. The van der Waals surface area contributed by atoms with Crippen molar-refractivity contribution >= 4 is 11.4 Å². The topological polar surface area (TPSA) is 70.5 Å². The van der Waals surface area contributed by atoms with Gasteiger partial charge in [0.2, 0.25) is 0 Å². The molecule has 4 heteroatoms. The minimum Gasteiger partial charge on any atom is -0.494 e. The van der Waals surface area contributed by atoms with E-state index >= 15 is 0 Å². The predicted molar refractivity (Wildman–Crippen MR) is 396 cm³/mol. The van der Waals surface area contributed by atoms with E-state index in [1.807, 2.05) is 24.3 Å². The van der Waals surface area contributed by atoms with E-state index in [1.165, 1.54) is 44.5 Å². The SMILES string of the molecule is Nc1ccc(-c2c(-c3ccc(-c4ccccc4)cc3)cc(-c3ccc(OCCCCCCOc4ccc(-c5cc(-c6ccc(-c7ccccc7)cc6)c(-c6ccc(N)cc6)c(-c6ccc(-c7ccccc7)cc6)c5)cc4)cc3)cc2-c2ccc(-c3ccccc3)cc2)cc1. The Morgan fingerprint density at radius 2 is 0.383 bits per heavy atom. The lowest BCUT2D eigenvalue weighted by Crippen LogP contribution is -2.00. The summed E-state index contributed by atoms with van der Waals surface area (Å²) in [6, 6.07) is 121. The molecule has 0 heterocycles. The number of benzene rings is 14. The van der Waals surface area contributed by atoms with Crippen LogP contribution in [0.3, 0.4) is 0 Å². The molecule has 0 radical (unpaired) electrons. The van der Waals surface area contributed by atoms with E-state index < -0.39 is 0 Å². The zero-order valence-corrected chi connectivity index (χ0v) is 52.5. The van der Waals surface area contributed by atoms with Crippen LogP contribution in [0.15, 0.2) is 340 Å². The van der Waals surface area contributed by atoms with Gasteiger partial charge in [-0.2, -0.15) is 0 Å². The van der Waals surface area contributed by atoms with Crippen molar-refractivity contribution in [2.75, 3.05) is 24.7 Å². The van der Waals surface area contributed by atoms with Crippen molar-refractivity contribution in [2.45, 2.75) is 25.7 Å². The number of rotatable bonds is 21. The summed E-state index contributed by atoms with van der Waals surface area (Å²) in [5.41, 5.74) is 41.7. The predicted octanol–water partition coefficient (Wildman–Crippen LogP) is 23.9. The maximum atomic E-state index is 6.38. The molecule has 0 saturated heterocycles. The van der Waals surface area contributed by atoms with Crippen LogP contribution >= 0.6 is 0 Å². The Morgan fingerprint density at radius 1 is 0.181 bits per heavy atom. The molecule has 0 aliphatic rings. The number of ether oxygens (including phenoxy) is 2. The van der Waals surface area contributed by atoms with E-state index in [0.29, 0.717) is 13.2 Å². The molecule has 4 nitrogen and oxygen atoms in total. The number of anilines is 2. The first-order valence-electron chi connectivity index (χ1n) is 32.6. The standard InChI is InChI=1S/C90H72N2O2/c91-81-49-41-77(42-50-81)89-85(73-33-25-67(26-34-73)63-17-7-3-8-18-63)59-79(60-86(89)74-35-27-68(28-36-74)64-19-9-4-10-20-64)71-45-53-83(54-46-71)93-57-15-1-2-16-58-94-84-55-47-72(48-56-84)80-61-87(75-37-29-69(30-38-75)65-21-11-5-12-22-65)90(78-43-51-82(92)52-44-78)88(62-80)76-39-31-70(32-40-76)66-23-13-6-14-24-66/h3-14,17-56,59-62H,1-2,15-16,57-58,91-92H2. The molecule has 0 aliphatic heterocycles. The van der Waals surface area contributed by atoms with Crippen LogP contribution in [-0.2, 0) is 0 Å². The minimum absolute atomic E-state index is 0.645. The van der Waals surface area contributed by atoms with E-state index in [0.717, 1.165) is 138 Å². The summed E-state index contributed by atoms with van der Waals surface area (Å²) in [5, 5.41) is 0. The Morgan fingerprint density at radius 3 is 0.638 bits per heavy atom. The Hall–Kier alpha value is -11.7. The summed E-state index contributed by atoms with van der Waals surface area (Å²) >= 11 is 0. The zero-order chi connectivity index (χ0) is 63.4. The smallest absolute Gasteiger partial charge is 0.119 e. The average molecular weight is 1210 g/mol. The molecule has 0 fully saturated rings. The normalized spacial score (nSPS) is 11.1. The van der Waals surface area contributed by atoms with Crippen LogP contribution in [0.1, 0.15) is 25.7 Å². The van der Waals surface area contributed by atoms with Crippen molar-refractivity contribution in [3.63, 3.8) is 0 Å². The fourth-order valence-electron chi connectivity index (χ4n) is 12.8. The highest BCUT2D eigenvalue weighted by Crippen LogP contribution is 2.47. The summed E-state index contributed by atoms with van der Waals surface area (Å²) in [4.78, 5) is 0. The zero-order valence-electron chi connectivity index (χ0n) is 52.5. The molecule has 0 aliphatic carbocycles. The van der Waals surface area contributed by atoms with E-state index in [-0.39, 0.29) is 0 Å². The molecule has 0 unspecified atom stereocenters. The molecule has 94 heavy (non-hydrogen) atoms. The summed E-state index contributed by atoms with van der Waals surface area (Å²) in [5.74, 6) is 1.73. The van der Waals surface area contributed by atoms with E-state index in [9.17, 15) is 0 Å². The van der Waals surface area contributed by atoms with Gasteiger partial charge in [-0.25, -0.2) is 0 Å². The number of hydrogen-bond acceptors (Lipinski definition) is 4. The first kappa shape index (κ1) is 59.9. The quantitative estimate of drug-likeness (QED) is 0.0556. The van der Waals surface area contributed by atoms with Crippen molar-refractivity contribution in [3.05, 3.63) is 340 Å². The Bertz CT molecular complexity index is 4270. The molecule has 14 aromatic carbocycles. The first-order chi connectivity index (χ1) is 46.4. The second-order valence-corrected chi connectivity index (χ2v) is 24.1. The molecule has 0 amide bonds. The molecule has 0 spiro atoms. The summed E-state index contributed by atoms with van der Waals surface area (Å²) in [6.45, 7) is 1.29. The van der Waals surface area contributed by atoms with Crippen molar-refractivity contribution in [1.29, 1.82) is 0 Å². The lowest BCUT2D eigenvalue weighted by atomic mass is 9.84. The lowest BCUT2D eigenvalue weighted by Gasteiger charge is -2.20. The van der Waals surface area contributed by atoms with E-state index in [1.54, 1.807) is 0 Å². The maximum Gasteiger partial charge on any atom is 0.119 e. The highest BCUT2D eigenvalue weighted by molar-refractivity contribution is 6.00. The van der Waals surface area contributed by atoms with Crippen molar-refractivity contribution in [1.82, 2.24) is 0 Å². The van der Waals surface area contributed by atoms with Gasteiger partial charge < -0.3 is 20.9 Å². The number of nitrogen functional groups attached to an aromatic ring is 2. The Balaban J connectivity index is 0.650. The number of nitrogens with two attached hydrogens (primary N) is 2. The highest BCUT2D eigenvalue weighted by atomic mass is 16.5. The van der Waals surface area contributed by atoms with E-state index in [2.05, 4.69) is 315 Å². The lowest BCUT2D eigenvalue weighted by molar-refractivity contribution is 0.287. The van der Waals surface area contributed by atoms with Gasteiger partial charge in [-0.05, 0) is 232 Å². The highest BCUT2D eigenvalue weighted by Gasteiger charge is 2.21. The minimum atomic E-state index is 0.645. The molecule has 14 aromatic rings. The fourth-order valence-corrected chi connectivity index (χ4v) is 12.8. The second kappa shape index (κ2) is 28.2. The van der Waals surface area contributed by atoms with Gasteiger partial charge in [0.1, 0.15) is 11.5 Å². The van der Waals surface area contributed by atoms with Crippen LogP contribution in [0.25, 0.3) is 134 Å². The molecular weight excluding hydrogens is 1140 g/mol. The Labute approximate surface area is 552 Å². The molecule has 0 aromatic heterocycles. The largest absolute Gasteiger partial charge is 0.494 e.